The van der Waals surface area contributed by atoms with Crippen LogP contribution in [0.4, 0.5) is 0 Å². The van der Waals surface area contributed by atoms with Gasteiger partial charge in [0.25, 0.3) is 0 Å². The van der Waals surface area contributed by atoms with E-state index in [4.69, 9.17) is 5.73 Å². The lowest BCUT2D eigenvalue weighted by Gasteiger charge is -2.15. The van der Waals surface area contributed by atoms with Gasteiger partial charge in [-0.05, 0) is 18.4 Å². The summed E-state index contributed by atoms with van der Waals surface area (Å²) in [5.74, 6) is 1.78. The van der Waals surface area contributed by atoms with Crippen molar-refractivity contribution in [2.45, 2.75) is 26.7 Å². The third kappa shape index (κ3) is 2.62. The second-order valence-electron chi connectivity index (χ2n) is 5.13. The number of nitrogens with two attached hydrogens (primary N) is 1. The van der Waals surface area contributed by atoms with E-state index in [0.29, 0.717) is 18.4 Å². The molecule has 0 radical (unpaired) electrons. The topological polar surface area (TPSA) is 54.7 Å². The zero-order valence-corrected chi connectivity index (χ0v) is 11.3. The van der Waals surface area contributed by atoms with Crippen molar-refractivity contribution in [3.63, 3.8) is 0 Å². The number of aromatic amines is 1. The van der Waals surface area contributed by atoms with E-state index in [1.165, 1.54) is 11.1 Å². The highest BCUT2D eigenvalue weighted by Gasteiger charge is 2.17. The summed E-state index contributed by atoms with van der Waals surface area (Å²) >= 11 is 0. The summed E-state index contributed by atoms with van der Waals surface area (Å²) in [6.07, 6.45) is 1.89. The summed E-state index contributed by atoms with van der Waals surface area (Å²) in [5.41, 5.74) is 9.30. The minimum Gasteiger partial charge on any atom is -0.342 e. The van der Waals surface area contributed by atoms with Crippen LogP contribution in [0.5, 0.6) is 0 Å². The van der Waals surface area contributed by atoms with E-state index in [0.717, 1.165) is 11.5 Å². The molecule has 0 amide bonds. The van der Waals surface area contributed by atoms with Gasteiger partial charge < -0.3 is 10.7 Å². The highest BCUT2D eigenvalue weighted by atomic mass is 14.9. The SMILES string of the molecule is Cc1ccc(-c2cnc(C(CN)C(C)C)[nH]2)cc1. The van der Waals surface area contributed by atoms with Gasteiger partial charge in [0, 0.05) is 12.5 Å². The molecule has 3 N–H and O–H groups in total. The summed E-state index contributed by atoms with van der Waals surface area (Å²) in [6, 6.07) is 8.44. The molecule has 96 valence electrons. The van der Waals surface area contributed by atoms with Crippen LogP contribution in [-0.2, 0) is 0 Å². The van der Waals surface area contributed by atoms with Crippen molar-refractivity contribution >= 4 is 0 Å². The van der Waals surface area contributed by atoms with E-state index >= 15 is 0 Å². The minimum absolute atomic E-state index is 0.296. The third-order valence-corrected chi connectivity index (χ3v) is 3.37. The summed E-state index contributed by atoms with van der Waals surface area (Å²) < 4.78 is 0. The predicted molar refractivity (Wildman–Crippen MR) is 75.4 cm³/mol. The van der Waals surface area contributed by atoms with E-state index in [-0.39, 0.29) is 0 Å². The van der Waals surface area contributed by atoms with E-state index in [1.54, 1.807) is 0 Å². The van der Waals surface area contributed by atoms with Gasteiger partial charge in [0.2, 0.25) is 0 Å². The van der Waals surface area contributed by atoms with Gasteiger partial charge in [0.15, 0.2) is 0 Å². The normalized spacial score (nSPS) is 12.9. The first-order valence-electron chi connectivity index (χ1n) is 6.44. The van der Waals surface area contributed by atoms with Crippen LogP contribution < -0.4 is 5.73 Å². The fourth-order valence-electron chi connectivity index (χ4n) is 2.10. The van der Waals surface area contributed by atoms with Crippen molar-refractivity contribution in [1.29, 1.82) is 0 Å². The molecule has 0 aliphatic rings. The monoisotopic (exact) mass is 243 g/mol. The number of benzene rings is 1. The van der Waals surface area contributed by atoms with Gasteiger partial charge in [-0.3, -0.25) is 0 Å². The Morgan fingerprint density at radius 3 is 2.44 bits per heavy atom. The molecule has 0 aliphatic heterocycles. The molecule has 0 aliphatic carbocycles. The summed E-state index contributed by atoms with van der Waals surface area (Å²) in [4.78, 5) is 7.86. The Labute approximate surface area is 108 Å². The molecular formula is C15H21N3. The molecule has 1 heterocycles. The van der Waals surface area contributed by atoms with Crippen molar-refractivity contribution in [3.05, 3.63) is 41.9 Å². The fraction of sp³-hybridized carbons (Fsp3) is 0.400. The molecule has 0 spiro atoms. The van der Waals surface area contributed by atoms with Crippen molar-refractivity contribution in [1.82, 2.24) is 9.97 Å². The second-order valence-corrected chi connectivity index (χ2v) is 5.13. The van der Waals surface area contributed by atoms with Crippen molar-refractivity contribution < 1.29 is 0 Å². The Kier molecular flexibility index (Phi) is 3.82. The molecule has 0 saturated heterocycles. The zero-order valence-electron chi connectivity index (χ0n) is 11.3. The van der Waals surface area contributed by atoms with Gasteiger partial charge in [-0.1, -0.05) is 43.7 Å². The van der Waals surface area contributed by atoms with Crippen LogP contribution in [0.3, 0.4) is 0 Å². The number of aromatic nitrogens is 2. The number of aryl methyl sites for hydroxylation is 1. The smallest absolute Gasteiger partial charge is 0.111 e. The zero-order chi connectivity index (χ0) is 13.1. The van der Waals surface area contributed by atoms with Crippen molar-refractivity contribution in [2.75, 3.05) is 6.54 Å². The first kappa shape index (κ1) is 12.8. The Balaban J connectivity index is 2.27. The minimum atomic E-state index is 0.296. The molecule has 2 rings (SSSR count). The number of imidazole rings is 1. The first-order valence-corrected chi connectivity index (χ1v) is 6.44. The maximum absolute atomic E-state index is 5.81. The van der Waals surface area contributed by atoms with Crippen LogP contribution >= 0.6 is 0 Å². The first-order chi connectivity index (χ1) is 8.61. The molecule has 1 aromatic heterocycles. The van der Waals surface area contributed by atoms with Crippen LogP contribution in [0.15, 0.2) is 30.5 Å². The molecule has 0 fully saturated rings. The van der Waals surface area contributed by atoms with Crippen LogP contribution in [0.25, 0.3) is 11.3 Å². The molecule has 1 unspecified atom stereocenters. The van der Waals surface area contributed by atoms with Crippen LogP contribution in [0, 0.1) is 12.8 Å². The second kappa shape index (κ2) is 5.36. The summed E-state index contributed by atoms with van der Waals surface area (Å²) in [5, 5.41) is 0. The lowest BCUT2D eigenvalue weighted by molar-refractivity contribution is 0.487. The highest BCUT2D eigenvalue weighted by molar-refractivity contribution is 5.58. The number of nitrogens with one attached hydrogen (secondary N) is 1. The summed E-state index contributed by atoms with van der Waals surface area (Å²) in [6.45, 7) is 7.06. The molecule has 0 bridgehead atoms. The molecular weight excluding hydrogens is 222 g/mol. The fourth-order valence-corrected chi connectivity index (χ4v) is 2.10. The van der Waals surface area contributed by atoms with Gasteiger partial charge in [0.1, 0.15) is 5.82 Å². The number of hydrogen-bond donors (Lipinski definition) is 2. The average Bonchev–Trinajstić information content (AvgIpc) is 2.80. The number of hydrogen-bond acceptors (Lipinski definition) is 2. The van der Waals surface area contributed by atoms with E-state index in [1.807, 2.05) is 6.20 Å². The predicted octanol–water partition coefficient (Wildman–Crippen LogP) is 3.08. The largest absolute Gasteiger partial charge is 0.342 e. The molecule has 0 saturated carbocycles. The molecule has 1 atom stereocenters. The maximum Gasteiger partial charge on any atom is 0.111 e. The Morgan fingerprint density at radius 1 is 1.22 bits per heavy atom. The number of nitrogens with zero attached hydrogens (tertiary/aromatic N) is 1. The number of rotatable bonds is 4. The van der Waals surface area contributed by atoms with Gasteiger partial charge in [-0.15, -0.1) is 0 Å². The lowest BCUT2D eigenvalue weighted by atomic mass is 9.95. The Hall–Kier alpha value is -1.61. The lowest BCUT2D eigenvalue weighted by Crippen LogP contribution is -2.19. The van der Waals surface area contributed by atoms with E-state index in [2.05, 4.69) is 55.0 Å². The highest BCUT2D eigenvalue weighted by Crippen LogP contribution is 2.24. The van der Waals surface area contributed by atoms with E-state index in [9.17, 15) is 0 Å². The van der Waals surface area contributed by atoms with Crippen molar-refractivity contribution in [2.24, 2.45) is 11.7 Å². The molecule has 3 heteroatoms. The van der Waals surface area contributed by atoms with Gasteiger partial charge in [0.05, 0.1) is 11.9 Å². The maximum atomic E-state index is 5.81. The van der Waals surface area contributed by atoms with Crippen LogP contribution in [0.2, 0.25) is 0 Å². The summed E-state index contributed by atoms with van der Waals surface area (Å²) in [7, 11) is 0. The van der Waals surface area contributed by atoms with Gasteiger partial charge in [-0.25, -0.2) is 4.98 Å². The van der Waals surface area contributed by atoms with Crippen LogP contribution in [0.1, 0.15) is 31.2 Å². The Morgan fingerprint density at radius 2 is 1.89 bits per heavy atom. The third-order valence-electron chi connectivity index (χ3n) is 3.37. The molecule has 1 aromatic carbocycles. The Bertz CT molecular complexity index is 497. The van der Waals surface area contributed by atoms with Gasteiger partial charge in [-0.2, -0.15) is 0 Å². The van der Waals surface area contributed by atoms with E-state index < -0.39 is 0 Å². The van der Waals surface area contributed by atoms with Gasteiger partial charge >= 0.3 is 0 Å². The number of H-pyrrole nitrogens is 1. The quantitative estimate of drug-likeness (QED) is 0.867. The molecule has 3 nitrogen and oxygen atoms in total. The molecule has 2 aromatic rings. The van der Waals surface area contributed by atoms with Crippen molar-refractivity contribution in [3.8, 4) is 11.3 Å². The average molecular weight is 243 g/mol. The standard InChI is InChI=1S/C15H21N3/c1-10(2)13(8-16)15-17-9-14(18-15)12-6-4-11(3)5-7-12/h4-7,9-10,13H,8,16H2,1-3H3,(H,17,18). The molecule has 18 heavy (non-hydrogen) atoms. The van der Waals surface area contributed by atoms with Crippen LogP contribution in [-0.4, -0.2) is 16.5 Å².